The van der Waals surface area contributed by atoms with Crippen molar-refractivity contribution in [2.45, 2.75) is 52.6 Å². The third-order valence-corrected chi connectivity index (χ3v) is 2.85. The van der Waals surface area contributed by atoms with Gasteiger partial charge in [-0.25, -0.2) is 4.79 Å². The van der Waals surface area contributed by atoms with Gasteiger partial charge >= 0.3 is 11.9 Å². The SMILES string of the molecule is CC(C)CC(=O)N[C@H](C(=O)N[C@@H](CC(=O)O)C(=O)O)C(C)C. The zero-order chi connectivity index (χ0) is 17.4. The smallest absolute Gasteiger partial charge is 0.326 e. The quantitative estimate of drug-likeness (QED) is 0.481. The number of carbonyl (C=O) groups is 4. The van der Waals surface area contributed by atoms with E-state index in [-0.39, 0.29) is 24.2 Å². The van der Waals surface area contributed by atoms with E-state index in [2.05, 4.69) is 10.6 Å². The van der Waals surface area contributed by atoms with Crippen LogP contribution in [0.2, 0.25) is 0 Å². The van der Waals surface area contributed by atoms with Crippen LogP contribution in [0.5, 0.6) is 0 Å². The molecule has 0 fully saturated rings. The van der Waals surface area contributed by atoms with Crippen molar-refractivity contribution in [1.29, 1.82) is 0 Å². The van der Waals surface area contributed by atoms with Gasteiger partial charge in [-0.3, -0.25) is 14.4 Å². The van der Waals surface area contributed by atoms with Crippen LogP contribution < -0.4 is 10.6 Å². The lowest BCUT2D eigenvalue weighted by atomic mass is 10.0. The molecule has 0 aromatic heterocycles. The monoisotopic (exact) mass is 316 g/mol. The molecule has 0 aliphatic heterocycles. The summed E-state index contributed by atoms with van der Waals surface area (Å²) in [4.78, 5) is 45.5. The lowest BCUT2D eigenvalue weighted by molar-refractivity contribution is -0.147. The number of amides is 2. The molecule has 8 heteroatoms. The average molecular weight is 316 g/mol. The van der Waals surface area contributed by atoms with Gasteiger partial charge in [-0.2, -0.15) is 0 Å². The number of carboxylic acids is 2. The molecule has 126 valence electrons. The summed E-state index contributed by atoms with van der Waals surface area (Å²) in [6.07, 6.45) is -0.486. The molecule has 0 radical (unpaired) electrons. The second kappa shape index (κ2) is 9.01. The number of nitrogens with one attached hydrogen (secondary N) is 2. The molecule has 0 saturated carbocycles. The highest BCUT2D eigenvalue weighted by molar-refractivity contribution is 5.91. The van der Waals surface area contributed by atoms with Crippen molar-refractivity contribution in [3.8, 4) is 0 Å². The van der Waals surface area contributed by atoms with Gasteiger partial charge in [-0.05, 0) is 11.8 Å². The Morgan fingerprint density at radius 1 is 0.909 bits per heavy atom. The first kappa shape index (κ1) is 19.9. The fourth-order valence-corrected chi connectivity index (χ4v) is 1.77. The van der Waals surface area contributed by atoms with Gasteiger partial charge in [0.2, 0.25) is 11.8 Å². The molecule has 0 unspecified atom stereocenters. The number of carboxylic acid groups (broad SMARTS) is 2. The number of carbonyl (C=O) groups excluding carboxylic acids is 2. The van der Waals surface area contributed by atoms with Crippen molar-refractivity contribution in [3.05, 3.63) is 0 Å². The summed E-state index contributed by atoms with van der Waals surface area (Å²) in [6, 6.07) is -2.45. The summed E-state index contributed by atoms with van der Waals surface area (Å²) in [5, 5.41) is 22.3. The van der Waals surface area contributed by atoms with Crippen LogP contribution in [0.3, 0.4) is 0 Å². The first-order chi connectivity index (χ1) is 10.0. The molecule has 0 aliphatic carbocycles. The molecule has 22 heavy (non-hydrogen) atoms. The zero-order valence-electron chi connectivity index (χ0n) is 13.3. The van der Waals surface area contributed by atoms with E-state index in [4.69, 9.17) is 10.2 Å². The standard InChI is InChI=1S/C14H24N2O6/c1-7(2)5-10(17)16-12(8(3)4)13(20)15-9(14(21)22)6-11(18)19/h7-9,12H,5-6H2,1-4H3,(H,15,20)(H,16,17)(H,18,19)(H,21,22)/t9-,12-/m0/s1. The molecule has 2 amide bonds. The van der Waals surface area contributed by atoms with Crippen LogP contribution in [0.1, 0.15) is 40.5 Å². The second-order valence-corrected chi connectivity index (χ2v) is 5.88. The van der Waals surface area contributed by atoms with Crippen LogP contribution in [0.25, 0.3) is 0 Å². The third kappa shape index (κ3) is 7.61. The van der Waals surface area contributed by atoms with Crippen LogP contribution >= 0.6 is 0 Å². The molecular formula is C14H24N2O6. The van der Waals surface area contributed by atoms with Gasteiger partial charge < -0.3 is 20.8 Å². The minimum Gasteiger partial charge on any atom is -0.481 e. The van der Waals surface area contributed by atoms with E-state index in [1.807, 2.05) is 13.8 Å². The first-order valence-electron chi connectivity index (χ1n) is 7.08. The Kier molecular flexibility index (Phi) is 8.14. The topological polar surface area (TPSA) is 133 Å². The zero-order valence-corrected chi connectivity index (χ0v) is 13.3. The number of hydrogen-bond acceptors (Lipinski definition) is 4. The molecule has 0 spiro atoms. The van der Waals surface area contributed by atoms with Gasteiger partial charge in [0.15, 0.2) is 0 Å². The predicted octanol–water partition coefficient (Wildman–Crippen LogP) is 0.217. The third-order valence-electron chi connectivity index (χ3n) is 2.85. The minimum absolute atomic E-state index is 0.120. The van der Waals surface area contributed by atoms with E-state index in [1.54, 1.807) is 13.8 Å². The Morgan fingerprint density at radius 2 is 1.45 bits per heavy atom. The number of hydrogen-bond donors (Lipinski definition) is 4. The van der Waals surface area contributed by atoms with E-state index >= 15 is 0 Å². The minimum atomic E-state index is -1.53. The van der Waals surface area contributed by atoms with Crippen molar-refractivity contribution in [1.82, 2.24) is 10.6 Å². The van der Waals surface area contributed by atoms with Crippen molar-refractivity contribution in [2.24, 2.45) is 11.8 Å². The summed E-state index contributed by atoms with van der Waals surface area (Å²) in [5.74, 6) is -3.94. The lowest BCUT2D eigenvalue weighted by Crippen LogP contribution is -2.54. The van der Waals surface area contributed by atoms with Gasteiger partial charge in [0.05, 0.1) is 6.42 Å². The second-order valence-electron chi connectivity index (χ2n) is 5.88. The van der Waals surface area contributed by atoms with E-state index in [0.717, 1.165) is 0 Å². The van der Waals surface area contributed by atoms with E-state index in [0.29, 0.717) is 0 Å². The lowest BCUT2D eigenvalue weighted by Gasteiger charge is -2.24. The Labute approximate surface area is 129 Å². The summed E-state index contributed by atoms with van der Waals surface area (Å²) in [7, 11) is 0. The Hall–Kier alpha value is -2.12. The molecule has 0 bridgehead atoms. The normalized spacial score (nSPS) is 13.5. The first-order valence-corrected chi connectivity index (χ1v) is 7.08. The average Bonchev–Trinajstić information content (AvgIpc) is 2.32. The Bertz CT molecular complexity index is 433. The van der Waals surface area contributed by atoms with Crippen LogP contribution in [0.4, 0.5) is 0 Å². The fraction of sp³-hybridized carbons (Fsp3) is 0.714. The summed E-state index contributed by atoms with van der Waals surface area (Å²) < 4.78 is 0. The summed E-state index contributed by atoms with van der Waals surface area (Å²) in [5.41, 5.74) is 0. The van der Waals surface area contributed by atoms with Gasteiger partial charge in [0, 0.05) is 6.42 Å². The molecule has 0 aromatic rings. The van der Waals surface area contributed by atoms with E-state index < -0.39 is 36.4 Å². The highest BCUT2D eigenvalue weighted by Crippen LogP contribution is 2.06. The molecule has 4 N–H and O–H groups in total. The Morgan fingerprint density at radius 3 is 1.82 bits per heavy atom. The van der Waals surface area contributed by atoms with Crippen LogP contribution in [-0.4, -0.2) is 46.0 Å². The molecule has 0 aromatic carbocycles. The largest absolute Gasteiger partial charge is 0.481 e. The maximum Gasteiger partial charge on any atom is 0.326 e. The predicted molar refractivity (Wildman–Crippen MR) is 78.0 cm³/mol. The summed E-state index contributed by atoms with van der Waals surface area (Å²) in [6.45, 7) is 7.12. The highest BCUT2D eigenvalue weighted by atomic mass is 16.4. The van der Waals surface area contributed by atoms with Gasteiger partial charge in [-0.1, -0.05) is 27.7 Å². The fourth-order valence-electron chi connectivity index (χ4n) is 1.77. The van der Waals surface area contributed by atoms with Crippen molar-refractivity contribution >= 4 is 23.8 Å². The van der Waals surface area contributed by atoms with Crippen molar-refractivity contribution < 1.29 is 29.4 Å². The highest BCUT2D eigenvalue weighted by Gasteiger charge is 2.29. The molecule has 2 atom stereocenters. The van der Waals surface area contributed by atoms with Crippen molar-refractivity contribution in [2.75, 3.05) is 0 Å². The van der Waals surface area contributed by atoms with E-state index in [9.17, 15) is 19.2 Å². The van der Waals surface area contributed by atoms with Crippen LogP contribution in [0.15, 0.2) is 0 Å². The maximum absolute atomic E-state index is 12.1. The van der Waals surface area contributed by atoms with Crippen molar-refractivity contribution in [3.63, 3.8) is 0 Å². The Balaban J connectivity index is 4.87. The molecule has 0 aliphatic rings. The molecule has 0 heterocycles. The van der Waals surface area contributed by atoms with Crippen LogP contribution in [0, 0.1) is 11.8 Å². The molecule has 0 rings (SSSR count). The van der Waals surface area contributed by atoms with Gasteiger partial charge in [-0.15, -0.1) is 0 Å². The molecule has 0 saturated heterocycles. The van der Waals surface area contributed by atoms with E-state index in [1.165, 1.54) is 0 Å². The van der Waals surface area contributed by atoms with Crippen LogP contribution in [-0.2, 0) is 19.2 Å². The molecular weight excluding hydrogens is 292 g/mol. The summed E-state index contributed by atoms with van der Waals surface area (Å²) >= 11 is 0. The number of aliphatic carboxylic acids is 2. The maximum atomic E-state index is 12.1. The number of rotatable bonds is 9. The van der Waals surface area contributed by atoms with Gasteiger partial charge in [0.1, 0.15) is 12.1 Å². The molecule has 8 nitrogen and oxygen atoms in total. The van der Waals surface area contributed by atoms with Gasteiger partial charge in [0.25, 0.3) is 0 Å².